The van der Waals surface area contributed by atoms with Crippen LogP contribution in [0.2, 0.25) is 0 Å². The van der Waals surface area contributed by atoms with Crippen molar-refractivity contribution in [2.24, 2.45) is 5.73 Å². The van der Waals surface area contributed by atoms with Crippen molar-refractivity contribution in [3.63, 3.8) is 0 Å². The summed E-state index contributed by atoms with van der Waals surface area (Å²) in [5, 5.41) is 0. The van der Waals surface area contributed by atoms with E-state index in [1.807, 2.05) is 13.0 Å². The maximum atomic E-state index is 5.79. The maximum absolute atomic E-state index is 5.79. The van der Waals surface area contributed by atoms with E-state index in [0.29, 0.717) is 5.75 Å². The van der Waals surface area contributed by atoms with Gasteiger partial charge in [-0.1, -0.05) is 0 Å². The topological polar surface area (TPSA) is 53.7 Å². The number of hydrogen-bond acceptors (Lipinski definition) is 4. The molecule has 17 heavy (non-hydrogen) atoms. The predicted octanol–water partition coefficient (Wildman–Crippen LogP) is 2.02. The highest BCUT2D eigenvalue weighted by Crippen LogP contribution is 2.35. The van der Waals surface area contributed by atoms with Gasteiger partial charge in [-0.15, -0.1) is 12.4 Å². The first-order valence-corrected chi connectivity index (χ1v) is 5.16. The lowest BCUT2D eigenvalue weighted by Crippen LogP contribution is -2.18. The van der Waals surface area contributed by atoms with Crippen LogP contribution in [0, 0.1) is 0 Å². The molecule has 1 aromatic carbocycles. The minimum absolute atomic E-state index is 0. The Hall–Kier alpha value is -1.13. The van der Waals surface area contributed by atoms with Crippen molar-refractivity contribution >= 4 is 12.4 Å². The van der Waals surface area contributed by atoms with Crippen LogP contribution in [-0.2, 0) is 6.42 Å². The molecule has 0 aromatic heterocycles. The van der Waals surface area contributed by atoms with E-state index in [2.05, 4.69) is 0 Å². The molecule has 0 spiro atoms. The lowest BCUT2D eigenvalue weighted by atomic mass is 10.1. The Morgan fingerprint density at radius 2 is 1.76 bits per heavy atom. The number of ether oxygens (including phenoxy) is 3. The number of methoxy groups -OCH3 is 3. The average molecular weight is 262 g/mol. The van der Waals surface area contributed by atoms with Crippen molar-refractivity contribution in [3.8, 4) is 17.2 Å². The monoisotopic (exact) mass is 261 g/mol. The largest absolute Gasteiger partial charge is 0.497 e. The Kier molecular flexibility index (Phi) is 6.76. The summed E-state index contributed by atoms with van der Waals surface area (Å²) in [4.78, 5) is 0. The zero-order valence-electron chi connectivity index (χ0n) is 10.6. The van der Waals surface area contributed by atoms with Gasteiger partial charge in [-0.3, -0.25) is 0 Å². The molecule has 0 aliphatic heterocycles. The standard InChI is InChI=1S/C12H19NO3.ClH/c1-8(13)5-9-6-10(14-2)7-11(15-3)12(9)16-4;/h6-8H,5,13H2,1-4H3;1H. The Morgan fingerprint density at radius 1 is 1.12 bits per heavy atom. The first kappa shape index (κ1) is 15.9. The number of hydrogen-bond donors (Lipinski definition) is 1. The molecule has 0 amide bonds. The third kappa shape index (κ3) is 3.98. The minimum atomic E-state index is 0. The predicted molar refractivity (Wildman–Crippen MR) is 70.7 cm³/mol. The zero-order chi connectivity index (χ0) is 12.1. The van der Waals surface area contributed by atoms with Crippen LogP contribution in [0.3, 0.4) is 0 Å². The number of rotatable bonds is 5. The van der Waals surface area contributed by atoms with Gasteiger partial charge in [-0.05, 0) is 19.4 Å². The van der Waals surface area contributed by atoms with E-state index in [-0.39, 0.29) is 18.4 Å². The zero-order valence-corrected chi connectivity index (χ0v) is 11.5. The van der Waals surface area contributed by atoms with Gasteiger partial charge in [0.1, 0.15) is 5.75 Å². The van der Waals surface area contributed by atoms with Crippen LogP contribution in [0.25, 0.3) is 0 Å². The van der Waals surface area contributed by atoms with Crippen LogP contribution in [-0.4, -0.2) is 27.4 Å². The SMILES string of the molecule is COc1cc(CC(C)N)c(OC)c(OC)c1.Cl. The first-order chi connectivity index (χ1) is 7.62. The summed E-state index contributed by atoms with van der Waals surface area (Å²) in [7, 11) is 4.85. The summed E-state index contributed by atoms with van der Waals surface area (Å²) in [6.45, 7) is 1.95. The summed E-state index contributed by atoms with van der Waals surface area (Å²) >= 11 is 0. The fraction of sp³-hybridized carbons (Fsp3) is 0.500. The third-order valence-corrected chi connectivity index (χ3v) is 2.31. The molecule has 1 atom stereocenters. The summed E-state index contributed by atoms with van der Waals surface area (Å²) in [5.74, 6) is 2.13. The quantitative estimate of drug-likeness (QED) is 0.881. The van der Waals surface area contributed by atoms with Crippen LogP contribution in [0.1, 0.15) is 12.5 Å². The smallest absolute Gasteiger partial charge is 0.164 e. The molecule has 98 valence electrons. The molecule has 4 nitrogen and oxygen atoms in total. The van der Waals surface area contributed by atoms with Crippen molar-refractivity contribution in [2.45, 2.75) is 19.4 Å². The molecular weight excluding hydrogens is 242 g/mol. The molecule has 1 rings (SSSR count). The lowest BCUT2D eigenvalue weighted by molar-refractivity contribution is 0.345. The number of nitrogens with two attached hydrogens (primary N) is 1. The summed E-state index contributed by atoms with van der Waals surface area (Å²) in [6, 6.07) is 3.78. The maximum Gasteiger partial charge on any atom is 0.164 e. The Balaban J connectivity index is 0.00000256. The molecule has 1 unspecified atom stereocenters. The third-order valence-electron chi connectivity index (χ3n) is 2.31. The van der Waals surface area contributed by atoms with Crippen molar-refractivity contribution in [2.75, 3.05) is 21.3 Å². The highest BCUT2D eigenvalue weighted by molar-refractivity contribution is 5.85. The number of halogens is 1. The van der Waals surface area contributed by atoms with Crippen LogP contribution >= 0.6 is 12.4 Å². The molecule has 1 aromatic rings. The molecule has 0 aliphatic carbocycles. The van der Waals surface area contributed by atoms with Crippen molar-refractivity contribution in [1.82, 2.24) is 0 Å². The van der Waals surface area contributed by atoms with E-state index in [0.717, 1.165) is 23.5 Å². The van der Waals surface area contributed by atoms with Crippen LogP contribution in [0.5, 0.6) is 17.2 Å². The minimum Gasteiger partial charge on any atom is -0.497 e. The van der Waals surface area contributed by atoms with Gasteiger partial charge in [0.05, 0.1) is 21.3 Å². The van der Waals surface area contributed by atoms with Gasteiger partial charge in [-0.25, -0.2) is 0 Å². The van der Waals surface area contributed by atoms with Gasteiger partial charge in [0.2, 0.25) is 0 Å². The van der Waals surface area contributed by atoms with Gasteiger partial charge in [-0.2, -0.15) is 0 Å². The van der Waals surface area contributed by atoms with Crippen LogP contribution < -0.4 is 19.9 Å². The van der Waals surface area contributed by atoms with Gasteiger partial charge >= 0.3 is 0 Å². The Labute approximate surface area is 108 Å². The second-order valence-corrected chi connectivity index (χ2v) is 3.70. The highest BCUT2D eigenvalue weighted by atomic mass is 35.5. The molecule has 0 saturated carbocycles. The fourth-order valence-corrected chi connectivity index (χ4v) is 1.63. The summed E-state index contributed by atoms with van der Waals surface area (Å²) in [6.07, 6.45) is 0.719. The molecule has 0 heterocycles. The van der Waals surface area contributed by atoms with Crippen molar-refractivity contribution < 1.29 is 14.2 Å². The van der Waals surface area contributed by atoms with Gasteiger partial charge in [0.25, 0.3) is 0 Å². The Bertz CT molecular complexity index is 356. The van der Waals surface area contributed by atoms with E-state index < -0.39 is 0 Å². The second kappa shape index (κ2) is 7.25. The van der Waals surface area contributed by atoms with Crippen molar-refractivity contribution in [1.29, 1.82) is 0 Å². The molecule has 0 saturated heterocycles. The number of benzene rings is 1. The summed E-state index contributed by atoms with van der Waals surface area (Å²) in [5.41, 5.74) is 6.79. The van der Waals surface area contributed by atoms with Crippen molar-refractivity contribution in [3.05, 3.63) is 17.7 Å². The van der Waals surface area contributed by atoms with E-state index in [4.69, 9.17) is 19.9 Å². The molecule has 2 N–H and O–H groups in total. The van der Waals surface area contributed by atoms with Crippen LogP contribution in [0.4, 0.5) is 0 Å². The Morgan fingerprint density at radius 3 is 2.18 bits per heavy atom. The van der Waals surface area contributed by atoms with Crippen LogP contribution in [0.15, 0.2) is 12.1 Å². The highest BCUT2D eigenvalue weighted by Gasteiger charge is 2.13. The molecule has 5 heteroatoms. The van der Waals surface area contributed by atoms with E-state index >= 15 is 0 Å². The normalized spacial score (nSPS) is 11.4. The van der Waals surface area contributed by atoms with Gasteiger partial charge < -0.3 is 19.9 Å². The van der Waals surface area contributed by atoms with E-state index in [1.165, 1.54) is 0 Å². The molecule has 0 fully saturated rings. The van der Waals surface area contributed by atoms with Gasteiger partial charge in [0, 0.05) is 17.7 Å². The lowest BCUT2D eigenvalue weighted by Gasteiger charge is -2.15. The average Bonchev–Trinajstić information content (AvgIpc) is 2.27. The summed E-state index contributed by atoms with van der Waals surface area (Å²) < 4.78 is 15.8. The van der Waals surface area contributed by atoms with Gasteiger partial charge in [0.15, 0.2) is 11.5 Å². The van der Waals surface area contributed by atoms with E-state index in [9.17, 15) is 0 Å². The molecule has 0 radical (unpaired) electrons. The first-order valence-electron chi connectivity index (χ1n) is 5.16. The second-order valence-electron chi connectivity index (χ2n) is 3.70. The molecular formula is C12H20ClNO3. The molecule has 0 aliphatic rings. The van der Waals surface area contributed by atoms with E-state index in [1.54, 1.807) is 27.4 Å². The molecule has 0 bridgehead atoms. The fourth-order valence-electron chi connectivity index (χ4n) is 1.63.